The van der Waals surface area contributed by atoms with Crippen LogP contribution < -0.4 is 0 Å². The van der Waals surface area contributed by atoms with Gasteiger partial charge in [-0.05, 0) is 70.9 Å². The van der Waals surface area contributed by atoms with Gasteiger partial charge in [0.1, 0.15) is 0 Å². The van der Waals surface area contributed by atoms with Crippen LogP contribution in [0.3, 0.4) is 0 Å². The van der Waals surface area contributed by atoms with Gasteiger partial charge in [0.05, 0.1) is 0 Å². The van der Waals surface area contributed by atoms with Gasteiger partial charge in [-0.15, -0.1) is 0 Å². The molecule has 110 valence electrons. The molecule has 0 amide bonds. The van der Waals surface area contributed by atoms with Gasteiger partial charge < -0.3 is 0 Å². The summed E-state index contributed by atoms with van der Waals surface area (Å²) in [6, 6.07) is 14.5. The Labute approximate surface area is 137 Å². The number of halogens is 1. The van der Waals surface area contributed by atoms with Crippen molar-refractivity contribution in [1.82, 2.24) is 0 Å². The maximum atomic E-state index is 5.91. The molecule has 3 rings (SSSR count). The summed E-state index contributed by atoms with van der Waals surface area (Å²) in [7, 11) is 0. The summed E-state index contributed by atoms with van der Waals surface area (Å²) in [5.74, 6) is 0. The average Bonchev–Trinajstić information content (AvgIpc) is 2.89. The quantitative estimate of drug-likeness (QED) is 0.611. The SMILES string of the molecule is C=C(C/C=C/c1ccc2c(c1)C(=C)CC2)c1ccc(Cl)cc1. The molecule has 0 radical (unpaired) electrons. The zero-order valence-electron chi connectivity index (χ0n) is 12.6. The van der Waals surface area contributed by atoms with Gasteiger partial charge in [-0.2, -0.15) is 0 Å². The maximum Gasteiger partial charge on any atom is 0.0406 e. The normalized spacial score (nSPS) is 13.6. The summed E-state index contributed by atoms with van der Waals surface area (Å²) >= 11 is 5.91. The fraction of sp³-hybridized carbons (Fsp3) is 0.143. The van der Waals surface area contributed by atoms with Crippen molar-refractivity contribution in [1.29, 1.82) is 0 Å². The number of benzene rings is 2. The van der Waals surface area contributed by atoms with Crippen LogP contribution >= 0.6 is 11.6 Å². The van der Waals surface area contributed by atoms with Crippen LogP contribution in [0.15, 0.2) is 61.7 Å². The van der Waals surface area contributed by atoms with E-state index in [-0.39, 0.29) is 0 Å². The van der Waals surface area contributed by atoms with Gasteiger partial charge in [0.25, 0.3) is 0 Å². The minimum absolute atomic E-state index is 0.755. The van der Waals surface area contributed by atoms with E-state index in [1.54, 1.807) is 0 Å². The van der Waals surface area contributed by atoms with Crippen LogP contribution in [0.25, 0.3) is 17.2 Å². The molecule has 0 bridgehead atoms. The predicted molar refractivity (Wildman–Crippen MR) is 97.9 cm³/mol. The summed E-state index contributed by atoms with van der Waals surface area (Å²) in [5, 5.41) is 0.755. The molecule has 1 aliphatic rings. The number of fused-ring (bicyclic) bond motifs is 1. The first-order valence-electron chi connectivity index (χ1n) is 7.55. The van der Waals surface area contributed by atoms with Crippen molar-refractivity contribution < 1.29 is 0 Å². The second-order valence-corrected chi connectivity index (χ2v) is 6.17. The number of hydrogen-bond acceptors (Lipinski definition) is 0. The Bertz CT molecular complexity index is 748. The highest BCUT2D eigenvalue weighted by atomic mass is 35.5. The van der Waals surface area contributed by atoms with Crippen LogP contribution in [-0.2, 0) is 6.42 Å². The topological polar surface area (TPSA) is 0 Å². The second-order valence-electron chi connectivity index (χ2n) is 5.74. The summed E-state index contributed by atoms with van der Waals surface area (Å²) < 4.78 is 0. The van der Waals surface area contributed by atoms with Crippen molar-refractivity contribution in [2.24, 2.45) is 0 Å². The van der Waals surface area contributed by atoms with Crippen LogP contribution in [0, 0.1) is 0 Å². The number of rotatable bonds is 4. The van der Waals surface area contributed by atoms with Crippen LogP contribution in [0.1, 0.15) is 35.1 Å². The molecule has 0 N–H and O–H groups in total. The lowest BCUT2D eigenvalue weighted by Gasteiger charge is -2.04. The van der Waals surface area contributed by atoms with E-state index in [0.29, 0.717) is 0 Å². The first-order valence-corrected chi connectivity index (χ1v) is 7.92. The molecular weight excluding hydrogens is 288 g/mol. The minimum atomic E-state index is 0.755. The van der Waals surface area contributed by atoms with E-state index in [1.165, 1.54) is 22.3 Å². The second kappa shape index (κ2) is 6.37. The van der Waals surface area contributed by atoms with Crippen molar-refractivity contribution in [2.75, 3.05) is 0 Å². The van der Waals surface area contributed by atoms with Gasteiger partial charge in [-0.1, -0.05) is 61.2 Å². The Kier molecular flexibility index (Phi) is 4.31. The third-order valence-electron chi connectivity index (χ3n) is 4.14. The summed E-state index contributed by atoms with van der Waals surface area (Å²) in [6.45, 7) is 8.29. The molecule has 0 unspecified atom stereocenters. The Morgan fingerprint density at radius 1 is 1.09 bits per heavy atom. The summed E-state index contributed by atoms with van der Waals surface area (Å²) in [4.78, 5) is 0. The van der Waals surface area contributed by atoms with E-state index >= 15 is 0 Å². The molecule has 0 aliphatic heterocycles. The molecule has 0 spiro atoms. The molecule has 0 atom stereocenters. The Morgan fingerprint density at radius 3 is 2.64 bits per heavy atom. The van der Waals surface area contributed by atoms with Crippen molar-refractivity contribution in [3.63, 3.8) is 0 Å². The van der Waals surface area contributed by atoms with Gasteiger partial charge in [-0.25, -0.2) is 0 Å². The fourth-order valence-electron chi connectivity index (χ4n) is 2.81. The van der Waals surface area contributed by atoms with E-state index in [4.69, 9.17) is 11.6 Å². The number of aryl methyl sites for hydroxylation is 1. The smallest absolute Gasteiger partial charge is 0.0406 e. The largest absolute Gasteiger partial charge is 0.0952 e. The lowest BCUT2D eigenvalue weighted by molar-refractivity contribution is 1.08. The highest BCUT2D eigenvalue weighted by Crippen LogP contribution is 2.31. The van der Waals surface area contributed by atoms with Gasteiger partial charge in [0, 0.05) is 5.02 Å². The third-order valence-corrected chi connectivity index (χ3v) is 4.39. The maximum absolute atomic E-state index is 5.91. The molecule has 0 saturated carbocycles. The molecule has 2 aromatic rings. The van der Waals surface area contributed by atoms with Crippen molar-refractivity contribution >= 4 is 28.8 Å². The number of hydrogen-bond donors (Lipinski definition) is 0. The van der Waals surface area contributed by atoms with Gasteiger partial charge >= 0.3 is 0 Å². The average molecular weight is 307 g/mol. The Morgan fingerprint density at radius 2 is 1.86 bits per heavy atom. The molecule has 0 saturated heterocycles. The van der Waals surface area contributed by atoms with E-state index in [1.807, 2.05) is 24.3 Å². The highest BCUT2D eigenvalue weighted by molar-refractivity contribution is 6.30. The van der Waals surface area contributed by atoms with Gasteiger partial charge in [0.2, 0.25) is 0 Å². The molecule has 22 heavy (non-hydrogen) atoms. The predicted octanol–water partition coefficient (Wildman–Crippen LogP) is 6.42. The lowest BCUT2D eigenvalue weighted by Crippen LogP contribution is -1.83. The first-order chi connectivity index (χ1) is 10.6. The molecule has 1 heteroatoms. The van der Waals surface area contributed by atoms with Crippen LogP contribution in [0.5, 0.6) is 0 Å². The van der Waals surface area contributed by atoms with Crippen molar-refractivity contribution in [3.8, 4) is 0 Å². The minimum Gasteiger partial charge on any atom is -0.0952 e. The molecule has 0 fully saturated rings. The van der Waals surface area contributed by atoms with Crippen molar-refractivity contribution in [2.45, 2.75) is 19.3 Å². The van der Waals surface area contributed by atoms with Gasteiger partial charge in [-0.3, -0.25) is 0 Å². The third kappa shape index (κ3) is 3.23. The molecule has 0 aromatic heterocycles. The number of allylic oxidation sites excluding steroid dienone is 3. The van der Waals surface area contributed by atoms with Crippen LogP contribution in [-0.4, -0.2) is 0 Å². The van der Waals surface area contributed by atoms with E-state index < -0.39 is 0 Å². The monoisotopic (exact) mass is 306 g/mol. The Hall–Kier alpha value is -2.05. The zero-order valence-corrected chi connectivity index (χ0v) is 13.4. The lowest BCUT2D eigenvalue weighted by atomic mass is 10.0. The molecule has 2 aromatic carbocycles. The summed E-state index contributed by atoms with van der Waals surface area (Å²) in [5.41, 5.74) is 7.47. The molecular formula is C21H19Cl. The first kappa shape index (κ1) is 14.9. The van der Waals surface area contributed by atoms with E-state index in [2.05, 4.69) is 43.5 Å². The summed E-state index contributed by atoms with van der Waals surface area (Å²) in [6.07, 6.45) is 7.38. The van der Waals surface area contributed by atoms with Gasteiger partial charge in [0.15, 0.2) is 0 Å². The van der Waals surface area contributed by atoms with Crippen LogP contribution in [0.4, 0.5) is 0 Å². The zero-order chi connectivity index (χ0) is 15.5. The van der Waals surface area contributed by atoms with E-state index in [0.717, 1.165) is 35.4 Å². The standard InChI is InChI=1S/C21H19Cl/c1-15(18-10-12-20(22)13-11-18)4-3-5-17-7-9-19-8-6-16(2)21(19)14-17/h3,5,7,9-14H,1-2,4,6,8H2/b5-3+. The molecule has 0 heterocycles. The molecule has 0 nitrogen and oxygen atoms in total. The van der Waals surface area contributed by atoms with Crippen LogP contribution in [0.2, 0.25) is 5.02 Å². The molecule has 1 aliphatic carbocycles. The van der Waals surface area contributed by atoms with E-state index in [9.17, 15) is 0 Å². The fourth-order valence-corrected chi connectivity index (χ4v) is 2.93. The highest BCUT2D eigenvalue weighted by Gasteiger charge is 2.13. The Balaban J connectivity index is 1.67. The van der Waals surface area contributed by atoms with Crippen molar-refractivity contribution in [3.05, 3.63) is 89.0 Å².